The molecular weight excluding hydrogens is 464 g/mol. The number of allylic oxidation sites excluding steroid dienone is 1. The minimum absolute atomic E-state index is 0.463. The van der Waals surface area contributed by atoms with Crippen molar-refractivity contribution >= 4 is 55.3 Å². The van der Waals surface area contributed by atoms with Gasteiger partial charge in [0.25, 0.3) is 0 Å². The Morgan fingerprint density at radius 3 is 2.62 bits per heavy atom. The maximum atomic E-state index is 9.64. The minimum Gasteiger partial charge on any atom is -0.488 e. The summed E-state index contributed by atoms with van der Waals surface area (Å²) in [5.74, 6) is 0.744. The van der Waals surface area contributed by atoms with Crippen molar-refractivity contribution in [2.45, 2.75) is 10.9 Å². The van der Waals surface area contributed by atoms with E-state index in [0.717, 1.165) is 35.9 Å². The third kappa shape index (κ3) is 5.07. The topological polar surface area (TPSA) is 45.9 Å². The molecule has 142 valence electrons. The van der Waals surface area contributed by atoms with Gasteiger partial charge in [-0.2, -0.15) is 5.26 Å². The molecule has 0 saturated carbocycles. The molecule has 1 aromatic heterocycles. The Bertz CT molecular complexity index is 1180. The van der Waals surface area contributed by atoms with Gasteiger partial charge in [-0.1, -0.05) is 58.4 Å². The van der Waals surface area contributed by atoms with Crippen LogP contribution in [0.1, 0.15) is 11.1 Å². The highest BCUT2D eigenvalue weighted by molar-refractivity contribution is 9.10. The van der Waals surface area contributed by atoms with Crippen LogP contribution in [-0.2, 0) is 6.61 Å². The molecule has 4 aromatic rings. The van der Waals surface area contributed by atoms with Gasteiger partial charge in [0.05, 0.1) is 15.1 Å². The Balaban J connectivity index is 1.54. The highest BCUT2D eigenvalue weighted by Crippen LogP contribution is 2.35. The molecule has 0 fully saturated rings. The second kappa shape index (κ2) is 9.27. The third-order valence-electron chi connectivity index (χ3n) is 4.09. The standard InChI is InChI=1S/C23H15BrN2OS2/c24-18-11-9-16(10-12-18)15-27-21-7-3-1-5-17(21)13-19(14-25)28-23-26-20-6-2-4-8-22(20)29-23/h1-13H,15H2/b19-13-. The lowest BCUT2D eigenvalue weighted by Crippen LogP contribution is -1.96. The van der Waals surface area contributed by atoms with Gasteiger partial charge in [0.15, 0.2) is 4.34 Å². The summed E-state index contributed by atoms with van der Waals surface area (Å²) in [5.41, 5.74) is 2.90. The van der Waals surface area contributed by atoms with Crippen molar-refractivity contribution in [1.82, 2.24) is 4.98 Å². The highest BCUT2D eigenvalue weighted by Gasteiger charge is 2.09. The summed E-state index contributed by atoms with van der Waals surface area (Å²) < 4.78 is 9.02. The lowest BCUT2D eigenvalue weighted by atomic mass is 10.2. The Labute approximate surface area is 185 Å². The summed E-state index contributed by atoms with van der Waals surface area (Å²) in [6.07, 6.45) is 1.85. The first-order chi connectivity index (χ1) is 14.2. The molecule has 1 heterocycles. The summed E-state index contributed by atoms with van der Waals surface area (Å²) in [4.78, 5) is 5.17. The number of rotatable bonds is 6. The first-order valence-corrected chi connectivity index (χ1v) is 11.3. The molecule has 29 heavy (non-hydrogen) atoms. The average Bonchev–Trinajstić information content (AvgIpc) is 3.16. The molecule has 0 saturated heterocycles. The van der Waals surface area contributed by atoms with Gasteiger partial charge in [0.1, 0.15) is 18.4 Å². The molecule has 0 aliphatic heterocycles. The normalized spacial score (nSPS) is 11.4. The maximum Gasteiger partial charge on any atom is 0.156 e. The van der Waals surface area contributed by atoms with Gasteiger partial charge in [0.2, 0.25) is 0 Å². The van der Waals surface area contributed by atoms with Crippen LogP contribution in [-0.4, -0.2) is 4.98 Å². The fraction of sp³-hybridized carbons (Fsp3) is 0.0435. The van der Waals surface area contributed by atoms with Crippen molar-refractivity contribution in [2.75, 3.05) is 0 Å². The Kier molecular flexibility index (Phi) is 6.30. The van der Waals surface area contributed by atoms with E-state index in [1.807, 2.05) is 78.9 Å². The SMILES string of the molecule is N#C/C(=C/c1ccccc1OCc1ccc(Br)cc1)Sc1nc2ccccc2s1. The van der Waals surface area contributed by atoms with Crippen LogP contribution in [0.3, 0.4) is 0 Å². The van der Waals surface area contributed by atoms with Gasteiger partial charge in [-0.25, -0.2) is 4.98 Å². The van der Waals surface area contributed by atoms with Crippen molar-refractivity contribution in [3.63, 3.8) is 0 Å². The first-order valence-electron chi connectivity index (χ1n) is 8.83. The monoisotopic (exact) mass is 478 g/mol. The molecule has 6 heteroatoms. The summed E-state index contributed by atoms with van der Waals surface area (Å²) in [6, 6.07) is 26.0. The average molecular weight is 479 g/mol. The van der Waals surface area contributed by atoms with Crippen molar-refractivity contribution in [3.8, 4) is 11.8 Å². The molecule has 0 spiro atoms. The maximum absolute atomic E-state index is 9.64. The van der Waals surface area contributed by atoms with Crippen LogP contribution in [0.4, 0.5) is 0 Å². The molecule has 0 N–H and O–H groups in total. The molecule has 0 atom stereocenters. The summed E-state index contributed by atoms with van der Waals surface area (Å²) in [6.45, 7) is 0.463. The predicted molar refractivity (Wildman–Crippen MR) is 124 cm³/mol. The van der Waals surface area contributed by atoms with Crippen LogP contribution >= 0.6 is 39.0 Å². The molecule has 3 aromatic carbocycles. The zero-order chi connectivity index (χ0) is 20.1. The number of para-hydroxylation sites is 2. The van der Waals surface area contributed by atoms with Gasteiger partial charge < -0.3 is 4.74 Å². The van der Waals surface area contributed by atoms with E-state index < -0.39 is 0 Å². The van der Waals surface area contributed by atoms with Gasteiger partial charge in [0, 0.05) is 10.0 Å². The first kappa shape index (κ1) is 19.7. The Morgan fingerprint density at radius 1 is 1.07 bits per heavy atom. The van der Waals surface area contributed by atoms with E-state index in [1.54, 1.807) is 11.3 Å². The van der Waals surface area contributed by atoms with Gasteiger partial charge in [-0.3, -0.25) is 0 Å². The lowest BCUT2D eigenvalue weighted by molar-refractivity contribution is 0.305. The van der Waals surface area contributed by atoms with E-state index in [9.17, 15) is 5.26 Å². The predicted octanol–water partition coefficient (Wildman–Crippen LogP) is 7.29. The molecule has 0 aliphatic rings. The number of halogens is 1. The number of fused-ring (bicyclic) bond motifs is 1. The van der Waals surface area contributed by atoms with Crippen molar-refractivity contribution in [1.29, 1.82) is 5.26 Å². The van der Waals surface area contributed by atoms with Crippen LogP contribution in [0, 0.1) is 11.3 Å². The largest absolute Gasteiger partial charge is 0.488 e. The van der Waals surface area contributed by atoms with Crippen LogP contribution in [0.5, 0.6) is 5.75 Å². The smallest absolute Gasteiger partial charge is 0.156 e. The number of nitriles is 1. The van der Waals surface area contributed by atoms with E-state index in [-0.39, 0.29) is 0 Å². The molecule has 0 unspecified atom stereocenters. The number of aromatic nitrogens is 1. The summed E-state index contributed by atoms with van der Waals surface area (Å²) in [5, 5.41) is 9.64. The number of benzene rings is 3. The second-order valence-electron chi connectivity index (χ2n) is 6.12. The number of thioether (sulfide) groups is 1. The minimum atomic E-state index is 0.463. The van der Waals surface area contributed by atoms with Crippen molar-refractivity contribution < 1.29 is 4.74 Å². The van der Waals surface area contributed by atoms with Crippen LogP contribution < -0.4 is 4.74 Å². The summed E-state index contributed by atoms with van der Waals surface area (Å²) in [7, 11) is 0. The highest BCUT2D eigenvalue weighted by atomic mass is 79.9. The number of hydrogen-bond acceptors (Lipinski definition) is 5. The number of nitrogens with zero attached hydrogens (tertiary/aromatic N) is 2. The van der Waals surface area contributed by atoms with Crippen molar-refractivity contribution in [3.05, 3.63) is 93.3 Å². The molecule has 0 aliphatic carbocycles. The zero-order valence-corrected chi connectivity index (χ0v) is 18.4. The zero-order valence-electron chi connectivity index (χ0n) is 15.2. The van der Waals surface area contributed by atoms with E-state index in [2.05, 4.69) is 27.0 Å². The van der Waals surface area contributed by atoms with E-state index in [4.69, 9.17) is 4.74 Å². The van der Waals surface area contributed by atoms with Crippen LogP contribution in [0.2, 0.25) is 0 Å². The van der Waals surface area contributed by atoms with Crippen molar-refractivity contribution in [2.24, 2.45) is 0 Å². The molecule has 0 radical (unpaired) electrons. The number of ether oxygens (including phenoxy) is 1. The fourth-order valence-corrected chi connectivity index (χ4v) is 4.92. The second-order valence-corrected chi connectivity index (χ2v) is 9.36. The van der Waals surface area contributed by atoms with Gasteiger partial charge in [-0.05, 0) is 53.7 Å². The van der Waals surface area contributed by atoms with Gasteiger partial charge in [-0.15, -0.1) is 11.3 Å². The summed E-state index contributed by atoms with van der Waals surface area (Å²) >= 11 is 6.41. The quantitative estimate of drug-likeness (QED) is 0.215. The van der Waals surface area contributed by atoms with E-state index in [0.29, 0.717) is 11.5 Å². The number of thiazole rings is 1. The molecule has 4 rings (SSSR count). The molecule has 0 bridgehead atoms. The third-order valence-corrected chi connectivity index (χ3v) is 6.65. The number of hydrogen-bond donors (Lipinski definition) is 0. The fourth-order valence-electron chi connectivity index (χ4n) is 2.69. The Hall–Kier alpha value is -2.59. The Morgan fingerprint density at radius 2 is 1.83 bits per heavy atom. The van der Waals surface area contributed by atoms with E-state index in [1.165, 1.54) is 11.8 Å². The lowest BCUT2D eigenvalue weighted by Gasteiger charge is -2.09. The molecular formula is C23H15BrN2OS2. The van der Waals surface area contributed by atoms with E-state index >= 15 is 0 Å². The van der Waals surface area contributed by atoms with Crippen LogP contribution in [0.15, 0.2) is 86.5 Å². The van der Waals surface area contributed by atoms with Crippen LogP contribution in [0.25, 0.3) is 16.3 Å². The molecule has 3 nitrogen and oxygen atoms in total. The molecule has 0 amide bonds. The van der Waals surface area contributed by atoms with Gasteiger partial charge >= 0.3 is 0 Å².